The van der Waals surface area contributed by atoms with Gasteiger partial charge in [-0.05, 0) is 11.6 Å². The second-order valence-corrected chi connectivity index (χ2v) is 3.57. The lowest BCUT2D eigenvalue weighted by Gasteiger charge is -2.33. The maximum Gasteiger partial charge on any atom is 0.129 e. The molecular formula is C10H12FNO2. The van der Waals surface area contributed by atoms with Crippen molar-refractivity contribution in [1.82, 2.24) is 0 Å². The first kappa shape index (κ1) is 9.58. The van der Waals surface area contributed by atoms with Crippen LogP contribution in [0.25, 0.3) is 0 Å². The van der Waals surface area contributed by atoms with E-state index in [1.54, 1.807) is 12.1 Å². The van der Waals surface area contributed by atoms with Crippen molar-refractivity contribution in [2.75, 3.05) is 13.2 Å². The van der Waals surface area contributed by atoms with Gasteiger partial charge in [-0.1, -0.05) is 12.1 Å². The molecule has 0 amide bonds. The maximum atomic E-state index is 13.3. The van der Waals surface area contributed by atoms with Gasteiger partial charge >= 0.3 is 0 Å². The van der Waals surface area contributed by atoms with Gasteiger partial charge in [0.15, 0.2) is 0 Å². The van der Waals surface area contributed by atoms with Crippen LogP contribution >= 0.6 is 0 Å². The SMILES string of the molecule is NC1(CO)COCc2c(F)cccc21. The first-order chi connectivity index (χ1) is 6.67. The fourth-order valence-corrected chi connectivity index (χ4v) is 1.72. The van der Waals surface area contributed by atoms with Crippen LogP contribution in [0.5, 0.6) is 0 Å². The topological polar surface area (TPSA) is 55.5 Å². The summed E-state index contributed by atoms with van der Waals surface area (Å²) in [6, 6.07) is 4.69. The highest BCUT2D eigenvalue weighted by molar-refractivity contribution is 5.36. The van der Waals surface area contributed by atoms with Crippen LogP contribution in [0.3, 0.4) is 0 Å². The molecule has 4 heteroatoms. The predicted molar refractivity (Wildman–Crippen MR) is 49.0 cm³/mol. The number of aliphatic hydroxyl groups is 1. The third-order valence-electron chi connectivity index (χ3n) is 2.54. The number of hydrogen-bond acceptors (Lipinski definition) is 3. The molecule has 0 aliphatic carbocycles. The van der Waals surface area contributed by atoms with Gasteiger partial charge in [-0.3, -0.25) is 0 Å². The molecule has 0 bridgehead atoms. The van der Waals surface area contributed by atoms with E-state index < -0.39 is 5.54 Å². The highest BCUT2D eigenvalue weighted by atomic mass is 19.1. The Morgan fingerprint density at radius 1 is 1.57 bits per heavy atom. The number of fused-ring (bicyclic) bond motifs is 1. The smallest absolute Gasteiger partial charge is 0.129 e. The van der Waals surface area contributed by atoms with Crippen LogP contribution < -0.4 is 5.73 Å². The van der Waals surface area contributed by atoms with Crippen LogP contribution in [0, 0.1) is 5.82 Å². The van der Waals surface area contributed by atoms with Crippen LogP contribution in [0.15, 0.2) is 18.2 Å². The Morgan fingerprint density at radius 2 is 2.36 bits per heavy atom. The standard InChI is InChI=1S/C10H12FNO2/c11-9-3-1-2-8-7(9)4-14-6-10(8,12)5-13/h1-3,13H,4-6,12H2. The summed E-state index contributed by atoms with van der Waals surface area (Å²) in [6.45, 7) is 0.199. The number of halogens is 1. The van der Waals surface area contributed by atoms with Gasteiger partial charge < -0.3 is 15.6 Å². The number of rotatable bonds is 1. The predicted octanol–water partition coefficient (Wildman–Crippen LogP) is 0.502. The van der Waals surface area contributed by atoms with Gasteiger partial charge in [0.1, 0.15) is 5.82 Å². The lowest BCUT2D eigenvalue weighted by molar-refractivity contribution is 0.0243. The number of nitrogens with two attached hydrogens (primary N) is 1. The molecule has 0 saturated heterocycles. The van der Waals surface area contributed by atoms with Crippen molar-refractivity contribution in [2.24, 2.45) is 5.73 Å². The molecule has 0 spiro atoms. The average Bonchev–Trinajstić information content (AvgIpc) is 2.20. The van der Waals surface area contributed by atoms with Crippen LogP contribution in [-0.2, 0) is 16.9 Å². The first-order valence-corrected chi connectivity index (χ1v) is 4.43. The number of ether oxygens (including phenoxy) is 1. The Balaban J connectivity index is 2.55. The number of benzene rings is 1. The van der Waals surface area contributed by atoms with E-state index in [-0.39, 0.29) is 25.6 Å². The van der Waals surface area contributed by atoms with Gasteiger partial charge in [0.25, 0.3) is 0 Å². The first-order valence-electron chi connectivity index (χ1n) is 4.43. The normalized spacial score (nSPS) is 25.9. The Morgan fingerprint density at radius 3 is 3.07 bits per heavy atom. The van der Waals surface area contributed by atoms with E-state index in [1.165, 1.54) is 6.07 Å². The zero-order valence-corrected chi connectivity index (χ0v) is 7.66. The van der Waals surface area contributed by atoms with Crippen molar-refractivity contribution in [2.45, 2.75) is 12.1 Å². The molecule has 76 valence electrons. The molecule has 0 radical (unpaired) electrons. The molecule has 1 atom stereocenters. The highest BCUT2D eigenvalue weighted by Gasteiger charge is 2.34. The summed E-state index contributed by atoms with van der Waals surface area (Å²) in [6.07, 6.45) is 0. The number of hydrogen-bond donors (Lipinski definition) is 2. The average molecular weight is 197 g/mol. The van der Waals surface area contributed by atoms with Gasteiger partial charge in [-0.25, -0.2) is 4.39 Å². The maximum absolute atomic E-state index is 13.3. The summed E-state index contributed by atoms with van der Waals surface area (Å²) in [7, 11) is 0. The molecule has 1 aliphatic rings. The Kier molecular flexibility index (Phi) is 2.26. The van der Waals surface area contributed by atoms with E-state index in [0.29, 0.717) is 11.1 Å². The molecule has 1 aromatic rings. The van der Waals surface area contributed by atoms with Crippen LogP contribution in [-0.4, -0.2) is 18.3 Å². The van der Waals surface area contributed by atoms with Crippen molar-refractivity contribution in [3.05, 3.63) is 35.1 Å². The summed E-state index contributed by atoms with van der Waals surface area (Å²) >= 11 is 0. The minimum absolute atomic E-state index is 0.222. The molecule has 3 N–H and O–H groups in total. The summed E-state index contributed by atoms with van der Waals surface area (Å²) in [4.78, 5) is 0. The van der Waals surface area contributed by atoms with Gasteiger partial charge in [-0.15, -0.1) is 0 Å². The second kappa shape index (κ2) is 3.31. The molecule has 14 heavy (non-hydrogen) atoms. The molecule has 0 aromatic heterocycles. The molecule has 2 rings (SSSR count). The highest BCUT2D eigenvalue weighted by Crippen LogP contribution is 2.29. The molecule has 1 aromatic carbocycles. The summed E-state index contributed by atoms with van der Waals surface area (Å²) in [5.41, 5.74) is 6.03. The lowest BCUT2D eigenvalue weighted by atomic mass is 9.87. The quantitative estimate of drug-likeness (QED) is 0.689. The van der Waals surface area contributed by atoms with Crippen molar-refractivity contribution in [3.8, 4) is 0 Å². The zero-order chi connectivity index (χ0) is 10.2. The van der Waals surface area contributed by atoms with E-state index >= 15 is 0 Å². The van der Waals surface area contributed by atoms with E-state index in [9.17, 15) is 4.39 Å². The van der Waals surface area contributed by atoms with Gasteiger partial charge in [0, 0.05) is 5.56 Å². The summed E-state index contributed by atoms with van der Waals surface area (Å²) < 4.78 is 18.5. The van der Waals surface area contributed by atoms with Gasteiger partial charge in [0.2, 0.25) is 0 Å². The van der Waals surface area contributed by atoms with Crippen LogP contribution in [0.4, 0.5) is 4.39 Å². The van der Waals surface area contributed by atoms with Crippen molar-refractivity contribution >= 4 is 0 Å². The minimum Gasteiger partial charge on any atom is -0.394 e. The second-order valence-electron chi connectivity index (χ2n) is 3.57. The molecule has 1 heterocycles. The number of aliphatic hydroxyl groups excluding tert-OH is 1. The Bertz CT molecular complexity index is 356. The summed E-state index contributed by atoms with van der Waals surface area (Å²) in [5, 5.41) is 9.16. The molecule has 0 fully saturated rings. The molecular weight excluding hydrogens is 185 g/mol. The minimum atomic E-state index is -0.963. The third-order valence-corrected chi connectivity index (χ3v) is 2.54. The Hall–Kier alpha value is -0.970. The Labute approximate surface area is 81.3 Å². The third kappa shape index (κ3) is 1.32. The van der Waals surface area contributed by atoms with Gasteiger partial charge in [-0.2, -0.15) is 0 Å². The van der Waals surface area contributed by atoms with E-state index in [1.807, 2.05) is 0 Å². The lowest BCUT2D eigenvalue weighted by Crippen LogP contribution is -2.48. The van der Waals surface area contributed by atoms with Gasteiger partial charge in [0.05, 0.1) is 25.4 Å². The molecule has 0 saturated carbocycles. The van der Waals surface area contributed by atoms with Crippen LogP contribution in [0.1, 0.15) is 11.1 Å². The van der Waals surface area contributed by atoms with Crippen molar-refractivity contribution in [3.63, 3.8) is 0 Å². The van der Waals surface area contributed by atoms with Crippen molar-refractivity contribution < 1.29 is 14.2 Å². The molecule has 1 unspecified atom stereocenters. The fraction of sp³-hybridized carbons (Fsp3) is 0.400. The largest absolute Gasteiger partial charge is 0.394 e. The van der Waals surface area contributed by atoms with E-state index in [4.69, 9.17) is 15.6 Å². The summed E-state index contributed by atoms with van der Waals surface area (Å²) in [5.74, 6) is -0.328. The molecule has 1 aliphatic heterocycles. The monoisotopic (exact) mass is 197 g/mol. The van der Waals surface area contributed by atoms with Crippen molar-refractivity contribution in [1.29, 1.82) is 0 Å². The van der Waals surface area contributed by atoms with E-state index in [0.717, 1.165) is 0 Å². The fourth-order valence-electron chi connectivity index (χ4n) is 1.72. The molecule has 3 nitrogen and oxygen atoms in total. The van der Waals surface area contributed by atoms with E-state index in [2.05, 4.69) is 0 Å². The zero-order valence-electron chi connectivity index (χ0n) is 7.66. The van der Waals surface area contributed by atoms with Crippen LogP contribution in [0.2, 0.25) is 0 Å².